The Labute approximate surface area is 173 Å². The predicted octanol–water partition coefficient (Wildman–Crippen LogP) is 4.86. The van der Waals surface area contributed by atoms with Gasteiger partial charge in [-0.05, 0) is 42.7 Å². The molecule has 0 bridgehead atoms. The number of nitrogens with one attached hydrogen (secondary N) is 2. The summed E-state index contributed by atoms with van der Waals surface area (Å²) in [4.78, 5) is 19.5. The molecular weight excluding hydrogens is 414 g/mol. The van der Waals surface area contributed by atoms with Gasteiger partial charge in [0.1, 0.15) is 0 Å². The zero-order valence-electron chi connectivity index (χ0n) is 16.0. The Morgan fingerprint density at radius 3 is 2.89 bits per heavy atom. The lowest BCUT2D eigenvalue weighted by molar-refractivity contribution is -0.123. The number of para-hydroxylation sites is 1. The molecule has 1 atom stereocenters. The molecule has 5 rings (SSSR count). The van der Waals surface area contributed by atoms with Crippen molar-refractivity contribution in [3.8, 4) is 0 Å². The molecule has 4 nitrogen and oxygen atoms in total. The van der Waals surface area contributed by atoms with E-state index < -0.39 is 5.54 Å². The first-order valence-electron chi connectivity index (χ1n) is 10.1. The zero-order chi connectivity index (χ0) is 19.3. The van der Waals surface area contributed by atoms with Crippen LogP contribution in [-0.4, -0.2) is 24.0 Å². The molecule has 144 valence electrons. The summed E-state index contributed by atoms with van der Waals surface area (Å²) in [6, 6.07) is 14.6. The maximum atomic E-state index is 13.9. The van der Waals surface area contributed by atoms with E-state index in [0.717, 1.165) is 65.7 Å². The van der Waals surface area contributed by atoms with E-state index in [9.17, 15) is 4.79 Å². The summed E-state index contributed by atoms with van der Waals surface area (Å²) in [5, 5.41) is 4.85. The fourth-order valence-corrected chi connectivity index (χ4v) is 5.23. The van der Waals surface area contributed by atoms with Gasteiger partial charge in [0.2, 0.25) is 0 Å². The third-order valence-electron chi connectivity index (χ3n) is 6.16. The number of carbonyl (C=O) groups excluding carboxylic acids is 1. The highest BCUT2D eigenvalue weighted by Gasteiger charge is 2.55. The first kappa shape index (κ1) is 18.0. The summed E-state index contributed by atoms with van der Waals surface area (Å²) in [7, 11) is 0. The first-order chi connectivity index (χ1) is 13.7. The maximum absolute atomic E-state index is 13.9. The van der Waals surface area contributed by atoms with Gasteiger partial charge in [-0.15, -0.1) is 0 Å². The van der Waals surface area contributed by atoms with Gasteiger partial charge in [0.05, 0.1) is 5.69 Å². The number of aromatic amines is 1. The molecule has 2 aliphatic rings. The Balaban J connectivity index is 1.72. The van der Waals surface area contributed by atoms with Crippen molar-refractivity contribution in [2.24, 2.45) is 0 Å². The van der Waals surface area contributed by atoms with E-state index in [-0.39, 0.29) is 5.91 Å². The van der Waals surface area contributed by atoms with Crippen LogP contribution >= 0.6 is 15.9 Å². The van der Waals surface area contributed by atoms with Crippen molar-refractivity contribution < 1.29 is 4.79 Å². The van der Waals surface area contributed by atoms with Gasteiger partial charge in [-0.2, -0.15) is 0 Å². The topological polar surface area (TPSA) is 48.1 Å². The molecule has 0 radical (unpaired) electrons. The summed E-state index contributed by atoms with van der Waals surface area (Å²) in [5.41, 5.74) is 4.65. The van der Waals surface area contributed by atoms with Gasteiger partial charge < -0.3 is 9.88 Å². The van der Waals surface area contributed by atoms with E-state index in [1.165, 1.54) is 10.9 Å². The van der Waals surface area contributed by atoms with Gasteiger partial charge in [0, 0.05) is 39.7 Å². The lowest BCUT2D eigenvalue weighted by atomic mass is 9.82. The minimum absolute atomic E-state index is 0.143. The van der Waals surface area contributed by atoms with Crippen molar-refractivity contribution >= 4 is 38.4 Å². The number of benzene rings is 2. The van der Waals surface area contributed by atoms with E-state index in [4.69, 9.17) is 0 Å². The van der Waals surface area contributed by atoms with Crippen LogP contribution in [-0.2, 0) is 16.8 Å². The summed E-state index contributed by atoms with van der Waals surface area (Å²) >= 11 is 3.63. The molecule has 5 heteroatoms. The van der Waals surface area contributed by atoms with E-state index >= 15 is 0 Å². The molecule has 2 aromatic carbocycles. The number of carbonyl (C=O) groups is 1. The number of amides is 1. The standard InChI is InChI=1S/C23H24BrN3O/c1-2-3-6-13-27-20-10-9-15(24)14-18(20)23(22(27)28)21-17(11-12-25-23)16-7-4-5-8-19(16)26-21/h4-5,7-10,14,25-26H,2-3,6,11-13H2,1H3. The van der Waals surface area contributed by atoms with E-state index in [2.05, 4.69) is 63.5 Å². The van der Waals surface area contributed by atoms with E-state index in [0.29, 0.717) is 0 Å². The first-order valence-corrected chi connectivity index (χ1v) is 10.9. The fourth-order valence-electron chi connectivity index (χ4n) is 4.87. The number of anilines is 1. The smallest absolute Gasteiger partial charge is 0.258 e. The van der Waals surface area contributed by atoms with Crippen molar-refractivity contribution in [3.05, 3.63) is 63.8 Å². The number of nitrogens with zero attached hydrogens (tertiary/aromatic N) is 1. The number of rotatable bonds is 4. The fraction of sp³-hybridized carbons (Fsp3) is 0.348. The van der Waals surface area contributed by atoms with Crippen molar-refractivity contribution in [1.29, 1.82) is 0 Å². The van der Waals surface area contributed by atoms with Gasteiger partial charge in [-0.1, -0.05) is 53.9 Å². The highest BCUT2D eigenvalue weighted by molar-refractivity contribution is 9.10. The summed E-state index contributed by atoms with van der Waals surface area (Å²) in [5.74, 6) is 0.143. The number of hydrogen-bond acceptors (Lipinski definition) is 2. The quantitative estimate of drug-likeness (QED) is 0.572. The molecule has 28 heavy (non-hydrogen) atoms. The maximum Gasteiger partial charge on any atom is 0.258 e. The van der Waals surface area contributed by atoms with Crippen molar-refractivity contribution in [2.75, 3.05) is 18.0 Å². The second kappa shape index (κ2) is 6.75. The average molecular weight is 438 g/mol. The normalized spacial score (nSPS) is 20.8. The third kappa shape index (κ3) is 2.42. The van der Waals surface area contributed by atoms with Gasteiger partial charge >= 0.3 is 0 Å². The van der Waals surface area contributed by atoms with E-state index in [1.807, 2.05) is 17.0 Å². The minimum Gasteiger partial charge on any atom is -0.356 e. The van der Waals surface area contributed by atoms with Crippen molar-refractivity contribution in [3.63, 3.8) is 0 Å². The van der Waals surface area contributed by atoms with E-state index in [1.54, 1.807) is 0 Å². The molecule has 1 spiro atoms. The average Bonchev–Trinajstić information content (AvgIpc) is 3.19. The number of aromatic nitrogens is 1. The molecule has 0 aliphatic carbocycles. The Bertz CT molecular complexity index is 1070. The van der Waals surface area contributed by atoms with Crippen molar-refractivity contribution in [2.45, 2.75) is 38.1 Å². The van der Waals surface area contributed by atoms with Crippen LogP contribution in [0.3, 0.4) is 0 Å². The summed E-state index contributed by atoms with van der Waals surface area (Å²) in [6.07, 6.45) is 4.22. The summed E-state index contributed by atoms with van der Waals surface area (Å²) < 4.78 is 0.999. The Hall–Kier alpha value is -2.11. The molecule has 0 saturated heterocycles. The monoisotopic (exact) mass is 437 g/mol. The highest BCUT2D eigenvalue weighted by atomic mass is 79.9. The molecule has 1 aromatic heterocycles. The van der Waals surface area contributed by atoms with Gasteiger partial charge in [-0.25, -0.2) is 0 Å². The van der Waals surface area contributed by atoms with Gasteiger partial charge in [-0.3, -0.25) is 10.1 Å². The Morgan fingerprint density at radius 2 is 2.04 bits per heavy atom. The molecule has 0 fully saturated rings. The van der Waals surface area contributed by atoms with Crippen LogP contribution in [0.15, 0.2) is 46.9 Å². The molecule has 3 aromatic rings. The highest BCUT2D eigenvalue weighted by Crippen LogP contribution is 2.48. The number of fused-ring (bicyclic) bond motifs is 6. The lowest BCUT2D eigenvalue weighted by Crippen LogP contribution is -2.55. The molecule has 2 N–H and O–H groups in total. The largest absolute Gasteiger partial charge is 0.356 e. The number of H-pyrrole nitrogens is 1. The number of halogens is 1. The molecule has 2 aliphatic heterocycles. The van der Waals surface area contributed by atoms with Crippen LogP contribution in [0.2, 0.25) is 0 Å². The van der Waals surface area contributed by atoms with Crippen molar-refractivity contribution in [1.82, 2.24) is 10.3 Å². The van der Waals surface area contributed by atoms with Crippen LogP contribution in [0.5, 0.6) is 0 Å². The SMILES string of the molecule is CCCCCN1C(=O)C2(NCCc3c2[nH]c2ccccc32)c2cc(Br)ccc21. The predicted molar refractivity (Wildman–Crippen MR) is 117 cm³/mol. The molecule has 1 unspecified atom stereocenters. The van der Waals surface area contributed by atoms with Crippen LogP contribution in [0.4, 0.5) is 5.69 Å². The molecular formula is C23H24BrN3O. The molecule has 0 saturated carbocycles. The summed E-state index contributed by atoms with van der Waals surface area (Å²) in [6.45, 7) is 3.74. The lowest BCUT2D eigenvalue weighted by Gasteiger charge is -2.34. The van der Waals surface area contributed by atoms with Gasteiger partial charge in [0.25, 0.3) is 5.91 Å². The third-order valence-corrected chi connectivity index (χ3v) is 6.65. The number of unbranched alkanes of at least 4 members (excludes halogenated alkanes) is 2. The second-order valence-electron chi connectivity index (χ2n) is 7.78. The van der Waals surface area contributed by atoms with Crippen LogP contribution in [0, 0.1) is 0 Å². The molecule has 1 amide bonds. The van der Waals surface area contributed by atoms with Crippen LogP contribution in [0.25, 0.3) is 10.9 Å². The number of hydrogen-bond donors (Lipinski definition) is 2. The minimum atomic E-state index is -0.821. The second-order valence-corrected chi connectivity index (χ2v) is 8.69. The van der Waals surface area contributed by atoms with Gasteiger partial charge in [0.15, 0.2) is 5.54 Å². The van der Waals surface area contributed by atoms with Crippen LogP contribution in [0.1, 0.15) is 43.0 Å². The Morgan fingerprint density at radius 1 is 1.18 bits per heavy atom. The zero-order valence-corrected chi connectivity index (χ0v) is 17.6. The molecule has 3 heterocycles. The van der Waals surface area contributed by atoms with Crippen LogP contribution < -0.4 is 10.2 Å². The Kier molecular flexibility index (Phi) is 4.33.